The number of carboxylic acids is 1. The second-order valence-electron chi connectivity index (χ2n) is 2.71. The second-order valence-corrected chi connectivity index (χ2v) is 3.69. The number of aliphatic carboxylic acids is 1. The minimum Gasteiger partial charge on any atom is -0.478 e. The quantitative estimate of drug-likeness (QED) is 0.581. The van der Waals surface area contributed by atoms with Crippen LogP contribution in [0.2, 0.25) is 0 Å². The smallest absolute Gasteiger partial charge is 0.330 e. The number of nitrogens with zero attached hydrogens (tertiary/aromatic N) is 2. The summed E-state index contributed by atoms with van der Waals surface area (Å²) in [4.78, 5) is 14.5. The molecule has 0 radical (unpaired) electrons. The number of H-pyrrole nitrogens is 1. The Hall–Kier alpha value is -1.30. The van der Waals surface area contributed by atoms with Gasteiger partial charge in [-0.25, -0.2) is 9.78 Å². The first kappa shape index (κ1) is 10.8. The average molecular weight is 213 g/mol. The maximum absolute atomic E-state index is 10.4. The lowest BCUT2D eigenvalue weighted by Gasteiger charge is -1.92. The fourth-order valence-electron chi connectivity index (χ4n) is 0.715. The summed E-state index contributed by atoms with van der Waals surface area (Å²) >= 11 is 1.39. The van der Waals surface area contributed by atoms with E-state index in [1.54, 1.807) is 13.0 Å². The highest BCUT2D eigenvalue weighted by Gasteiger charge is 2.01. The Kier molecular flexibility index (Phi) is 3.70. The molecule has 5 nitrogen and oxygen atoms in total. The van der Waals surface area contributed by atoms with E-state index in [9.17, 15) is 4.79 Å². The molecule has 1 aromatic rings. The Morgan fingerprint density at radius 3 is 2.93 bits per heavy atom. The van der Waals surface area contributed by atoms with Gasteiger partial charge in [-0.2, -0.15) is 0 Å². The summed E-state index contributed by atoms with van der Waals surface area (Å²) in [6.07, 6.45) is 1.64. The van der Waals surface area contributed by atoms with Gasteiger partial charge in [-0.1, -0.05) is 17.8 Å². The lowest BCUT2D eigenvalue weighted by molar-refractivity contribution is -0.132. The van der Waals surface area contributed by atoms with Crippen LogP contribution < -0.4 is 0 Å². The third-order valence-electron chi connectivity index (χ3n) is 1.52. The molecule has 76 valence electrons. The molecule has 0 bridgehead atoms. The van der Waals surface area contributed by atoms with Crippen LogP contribution in [-0.4, -0.2) is 32.0 Å². The summed E-state index contributed by atoms with van der Waals surface area (Å²) in [5, 5.41) is 15.8. The Morgan fingerprint density at radius 1 is 1.71 bits per heavy atom. The van der Waals surface area contributed by atoms with Crippen LogP contribution in [0, 0.1) is 6.92 Å². The summed E-state index contributed by atoms with van der Waals surface area (Å²) in [5.74, 6) is 0.429. The maximum atomic E-state index is 10.4. The number of hydrogen-bond donors (Lipinski definition) is 2. The predicted molar refractivity (Wildman–Crippen MR) is 53.2 cm³/mol. The van der Waals surface area contributed by atoms with Crippen LogP contribution in [0.1, 0.15) is 12.7 Å². The number of aromatic nitrogens is 3. The molecule has 14 heavy (non-hydrogen) atoms. The number of thioether (sulfide) groups is 1. The molecule has 6 heteroatoms. The van der Waals surface area contributed by atoms with Gasteiger partial charge in [-0.05, 0) is 13.8 Å². The van der Waals surface area contributed by atoms with Crippen LogP contribution in [0.4, 0.5) is 0 Å². The fourth-order valence-corrected chi connectivity index (χ4v) is 1.51. The van der Waals surface area contributed by atoms with Crippen molar-refractivity contribution in [1.29, 1.82) is 0 Å². The Bertz CT molecular complexity index is 359. The lowest BCUT2D eigenvalue weighted by Crippen LogP contribution is -1.96. The zero-order valence-electron chi connectivity index (χ0n) is 7.94. The van der Waals surface area contributed by atoms with Gasteiger partial charge in [0.25, 0.3) is 0 Å². The van der Waals surface area contributed by atoms with E-state index in [0.717, 1.165) is 5.82 Å². The molecule has 1 rings (SSSR count). The van der Waals surface area contributed by atoms with E-state index in [-0.39, 0.29) is 0 Å². The van der Waals surface area contributed by atoms with Crippen LogP contribution in [0.3, 0.4) is 0 Å². The minimum atomic E-state index is -0.892. The number of carboxylic acid groups (broad SMARTS) is 1. The molecule has 0 spiro atoms. The van der Waals surface area contributed by atoms with Crippen molar-refractivity contribution in [3.8, 4) is 0 Å². The Balaban J connectivity index is 2.42. The Labute approximate surface area is 85.6 Å². The van der Waals surface area contributed by atoms with Crippen LogP contribution in [0.5, 0.6) is 0 Å². The van der Waals surface area contributed by atoms with Gasteiger partial charge in [-0.3, -0.25) is 5.10 Å². The summed E-state index contributed by atoms with van der Waals surface area (Å²) in [6, 6.07) is 0. The first-order chi connectivity index (χ1) is 6.59. The molecule has 1 heterocycles. The van der Waals surface area contributed by atoms with Gasteiger partial charge in [0.1, 0.15) is 5.82 Å². The molecule has 0 amide bonds. The van der Waals surface area contributed by atoms with Crippen molar-refractivity contribution in [1.82, 2.24) is 15.2 Å². The van der Waals surface area contributed by atoms with E-state index < -0.39 is 5.97 Å². The van der Waals surface area contributed by atoms with Gasteiger partial charge < -0.3 is 5.11 Å². The molecule has 2 N–H and O–H groups in total. The highest BCUT2D eigenvalue weighted by molar-refractivity contribution is 7.99. The maximum Gasteiger partial charge on any atom is 0.330 e. The molecule has 0 unspecified atom stereocenters. The number of carbonyl (C=O) groups is 1. The van der Waals surface area contributed by atoms with Crippen molar-refractivity contribution < 1.29 is 9.90 Å². The lowest BCUT2D eigenvalue weighted by atomic mass is 10.3. The molecule has 0 atom stereocenters. The van der Waals surface area contributed by atoms with E-state index in [4.69, 9.17) is 5.11 Å². The van der Waals surface area contributed by atoms with Crippen molar-refractivity contribution >= 4 is 17.7 Å². The number of rotatable bonds is 4. The van der Waals surface area contributed by atoms with Crippen molar-refractivity contribution in [2.75, 3.05) is 5.75 Å². The molecular formula is C8H11N3O2S. The zero-order chi connectivity index (χ0) is 10.6. The van der Waals surface area contributed by atoms with Crippen molar-refractivity contribution in [3.63, 3.8) is 0 Å². The minimum absolute atomic E-state index is 0.338. The van der Waals surface area contributed by atoms with Crippen molar-refractivity contribution in [2.24, 2.45) is 0 Å². The number of aromatic amines is 1. The molecule has 0 aromatic carbocycles. The van der Waals surface area contributed by atoms with E-state index in [2.05, 4.69) is 15.2 Å². The third kappa shape index (κ3) is 3.21. The average Bonchev–Trinajstić information content (AvgIpc) is 2.51. The molecule has 0 fully saturated rings. The first-order valence-corrected chi connectivity index (χ1v) is 5.00. The monoisotopic (exact) mass is 213 g/mol. The first-order valence-electron chi connectivity index (χ1n) is 4.01. The highest BCUT2D eigenvalue weighted by Crippen LogP contribution is 2.12. The molecule has 0 aliphatic heterocycles. The standard InChI is InChI=1S/C8H11N3O2S/c1-5(7(12)13)3-4-14-8-9-6(2)10-11-8/h3H,4H2,1-2H3,(H,12,13)(H,9,10,11). The van der Waals surface area contributed by atoms with Gasteiger partial charge in [-0.15, -0.1) is 5.10 Å². The fraction of sp³-hybridized carbons (Fsp3) is 0.375. The van der Waals surface area contributed by atoms with Crippen LogP contribution in [0.15, 0.2) is 16.8 Å². The van der Waals surface area contributed by atoms with Crippen molar-refractivity contribution in [2.45, 2.75) is 19.0 Å². The normalized spacial score (nSPS) is 11.7. The van der Waals surface area contributed by atoms with Crippen molar-refractivity contribution in [3.05, 3.63) is 17.5 Å². The summed E-state index contributed by atoms with van der Waals surface area (Å²) in [6.45, 7) is 3.38. The molecule has 0 aliphatic rings. The van der Waals surface area contributed by atoms with Crippen LogP contribution in [0.25, 0.3) is 0 Å². The molecular weight excluding hydrogens is 202 g/mol. The predicted octanol–water partition coefficient (Wildman–Crippen LogP) is 1.24. The van der Waals surface area contributed by atoms with Gasteiger partial charge in [0.2, 0.25) is 5.16 Å². The highest BCUT2D eigenvalue weighted by atomic mass is 32.2. The Morgan fingerprint density at radius 2 is 2.43 bits per heavy atom. The zero-order valence-corrected chi connectivity index (χ0v) is 8.76. The topological polar surface area (TPSA) is 78.9 Å². The summed E-state index contributed by atoms with van der Waals surface area (Å²) in [7, 11) is 0. The number of aryl methyl sites for hydroxylation is 1. The van der Waals surface area contributed by atoms with Crippen LogP contribution in [-0.2, 0) is 4.79 Å². The summed E-state index contributed by atoms with van der Waals surface area (Å²) in [5.41, 5.74) is 0.338. The van der Waals surface area contributed by atoms with E-state index in [1.165, 1.54) is 11.8 Å². The van der Waals surface area contributed by atoms with Gasteiger partial charge in [0, 0.05) is 11.3 Å². The van der Waals surface area contributed by atoms with E-state index >= 15 is 0 Å². The van der Waals surface area contributed by atoms with E-state index in [1.807, 2.05) is 6.92 Å². The van der Waals surface area contributed by atoms with Gasteiger partial charge in [0.05, 0.1) is 0 Å². The van der Waals surface area contributed by atoms with Gasteiger partial charge >= 0.3 is 5.97 Å². The van der Waals surface area contributed by atoms with E-state index in [0.29, 0.717) is 16.5 Å². The largest absolute Gasteiger partial charge is 0.478 e. The summed E-state index contributed by atoms with van der Waals surface area (Å²) < 4.78 is 0. The number of hydrogen-bond acceptors (Lipinski definition) is 4. The SMILES string of the molecule is CC(=CCSc1n[nH]c(C)n1)C(=O)O. The third-order valence-corrected chi connectivity index (χ3v) is 2.29. The molecule has 0 saturated carbocycles. The molecule has 1 aromatic heterocycles. The van der Waals surface area contributed by atoms with Crippen LogP contribution >= 0.6 is 11.8 Å². The number of nitrogens with one attached hydrogen (secondary N) is 1. The second kappa shape index (κ2) is 4.80. The molecule has 0 aliphatic carbocycles. The van der Waals surface area contributed by atoms with Gasteiger partial charge in [0.15, 0.2) is 0 Å². The molecule has 0 saturated heterocycles.